The van der Waals surface area contributed by atoms with Crippen LogP contribution >= 0.6 is 0 Å². The summed E-state index contributed by atoms with van der Waals surface area (Å²) in [7, 11) is 0. The van der Waals surface area contributed by atoms with E-state index in [-0.39, 0.29) is 0 Å². The Morgan fingerprint density at radius 3 is 2.37 bits per heavy atom. The molecular weight excluding hydrogens is 230 g/mol. The first-order valence-corrected chi connectivity index (χ1v) is 8.12. The summed E-state index contributed by atoms with van der Waals surface area (Å²) >= 11 is 0. The zero-order chi connectivity index (χ0) is 13.9. The van der Waals surface area contributed by atoms with E-state index in [9.17, 15) is 0 Å². The normalized spacial score (nSPS) is 10.9. The first-order valence-electron chi connectivity index (χ1n) is 8.12. The van der Waals surface area contributed by atoms with Gasteiger partial charge in [-0.3, -0.25) is 0 Å². The van der Waals surface area contributed by atoms with E-state index in [0.717, 1.165) is 12.5 Å². The molecule has 0 fully saturated rings. The molecule has 108 valence electrons. The quantitative estimate of drug-likeness (QED) is 0.573. The van der Waals surface area contributed by atoms with Crippen LogP contribution in [-0.2, 0) is 6.42 Å². The summed E-state index contributed by atoms with van der Waals surface area (Å²) in [5.74, 6) is 0.828. The van der Waals surface area contributed by atoms with Gasteiger partial charge in [-0.2, -0.15) is 0 Å². The highest BCUT2D eigenvalue weighted by atomic mass is 14.9. The van der Waals surface area contributed by atoms with Crippen molar-refractivity contribution in [3.8, 4) is 0 Å². The molecule has 0 saturated heterocycles. The second-order valence-corrected chi connectivity index (χ2v) is 5.63. The second kappa shape index (κ2) is 9.89. The highest BCUT2D eigenvalue weighted by Crippen LogP contribution is 2.17. The Morgan fingerprint density at radius 2 is 1.74 bits per heavy atom. The number of unbranched alkanes of at least 4 members (excludes halogenated alkanes) is 1. The van der Waals surface area contributed by atoms with Gasteiger partial charge in [-0.1, -0.05) is 52.2 Å². The molecule has 0 unspecified atom stereocenters. The standard InChI is InChI=1S/C18H31N/c1-4-7-11-16-12-8-13-18(14-16)19-15-17(9-5-2)10-6-3/h8,12-14,17,19H,4-7,9-11,15H2,1-3H3. The lowest BCUT2D eigenvalue weighted by molar-refractivity contribution is 0.461. The molecular formula is C18H31N. The molecule has 1 heteroatoms. The van der Waals surface area contributed by atoms with Gasteiger partial charge in [0.15, 0.2) is 0 Å². The van der Waals surface area contributed by atoms with Crippen molar-refractivity contribution >= 4 is 5.69 Å². The lowest BCUT2D eigenvalue weighted by Crippen LogP contribution is -2.14. The van der Waals surface area contributed by atoms with Gasteiger partial charge < -0.3 is 5.32 Å². The lowest BCUT2D eigenvalue weighted by Gasteiger charge is -2.17. The molecule has 0 radical (unpaired) electrons. The molecule has 0 heterocycles. The molecule has 1 nitrogen and oxygen atoms in total. The van der Waals surface area contributed by atoms with Crippen molar-refractivity contribution in [3.05, 3.63) is 29.8 Å². The average molecular weight is 261 g/mol. The smallest absolute Gasteiger partial charge is 0.0343 e. The summed E-state index contributed by atoms with van der Waals surface area (Å²) in [4.78, 5) is 0. The monoisotopic (exact) mass is 261 g/mol. The minimum absolute atomic E-state index is 0.828. The second-order valence-electron chi connectivity index (χ2n) is 5.63. The Labute approximate surface area is 119 Å². The molecule has 0 saturated carbocycles. The van der Waals surface area contributed by atoms with Crippen LogP contribution in [0.25, 0.3) is 0 Å². The lowest BCUT2D eigenvalue weighted by atomic mass is 9.98. The van der Waals surface area contributed by atoms with Crippen LogP contribution in [0.15, 0.2) is 24.3 Å². The topological polar surface area (TPSA) is 12.0 Å². The Balaban J connectivity index is 2.46. The summed E-state index contributed by atoms with van der Waals surface area (Å²) in [6.45, 7) is 7.95. The van der Waals surface area contributed by atoms with Crippen LogP contribution in [0.2, 0.25) is 0 Å². The van der Waals surface area contributed by atoms with Gasteiger partial charge >= 0.3 is 0 Å². The van der Waals surface area contributed by atoms with Crippen molar-refractivity contribution in [3.63, 3.8) is 0 Å². The van der Waals surface area contributed by atoms with Crippen molar-refractivity contribution in [2.75, 3.05) is 11.9 Å². The zero-order valence-corrected chi connectivity index (χ0v) is 13.0. The minimum atomic E-state index is 0.828. The third-order valence-electron chi connectivity index (χ3n) is 3.73. The molecule has 0 aromatic heterocycles. The maximum absolute atomic E-state index is 3.63. The van der Waals surface area contributed by atoms with Crippen LogP contribution in [0.5, 0.6) is 0 Å². The largest absolute Gasteiger partial charge is 0.385 e. The summed E-state index contributed by atoms with van der Waals surface area (Å²) in [5, 5.41) is 3.63. The van der Waals surface area contributed by atoms with Crippen LogP contribution in [-0.4, -0.2) is 6.54 Å². The molecule has 19 heavy (non-hydrogen) atoms. The highest BCUT2D eigenvalue weighted by Gasteiger charge is 2.06. The highest BCUT2D eigenvalue weighted by molar-refractivity contribution is 5.45. The molecule has 0 atom stereocenters. The number of hydrogen-bond acceptors (Lipinski definition) is 1. The van der Waals surface area contributed by atoms with Crippen molar-refractivity contribution < 1.29 is 0 Å². The number of hydrogen-bond donors (Lipinski definition) is 1. The van der Waals surface area contributed by atoms with Gasteiger partial charge in [0.1, 0.15) is 0 Å². The molecule has 0 bridgehead atoms. The average Bonchev–Trinajstić information content (AvgIpc) is 2.43. The van der Waals surface area contributed by atoms with Gasteiger partial charge in [0.25, 0.3) is 0 Å². The first-order chi connectivity index (χ1) is 9.30. The Morgan fingerprint density at radius 1 is 1.00 bits per heavy atom. The molecule has 1 aromatic carbocycles. The fourth-order valence-electron chi connectivity index (χ4n) is 2.64. The van der Waals surface area contributed by atoms with Gasteiger partial charge in [0.05, 0.1) is 0 Å². The fourth-order valence-corrected chi connectivity index (χ4v) is 2.64. The summed E-state index contributed by atoms with van der Waals surface area (Å²) in [5.41, 5.74) is 2.76. The van der Waals surface area contributed by atoms with Crippen LogP contribution in [0, 0.1) is 5.92 Å². The van der Waals surface area contributed by atoms with Crippen LogP contribution in [0.3, 0.4) is 0 Å². The van der Waals surface area contributed by atoms with Crippen molar-refractivity contribution in [2.24, 2.45) is 5.92 Å². The van der Waals surface area contributed by atoms with Crippen molar-refractivity contribution in [1.82, 2.24) is 0 Å². The summed E-state index contributed by atoms with van der Waals surface area (Å²) in [6, 6.07) is 8.95. The van der Waals surface area contributed by atoms with E-state index in [1.165, 1.54) is 56.2 Å². The molecule has 0 aliphatic heterocycles. The molecule has 0 amide bonds. The molecule has 1 rings (SSSR count). The predicted molar refractivity (Wildman–Crippen MR) is 86.8 cm³/mol. The van der Waals surface area contributed by atoms with Gasteiger partial charge in [0, 0.05) is 12.2 Å². The van der Waals surface area contributed by atoms with Crippen LogP contribution < -0.4 is 5.32 Å². The van der Waals surface area contributed by atoms with Crippen LogP contribution in [0.4, 0.5) is 5.69 Å². The van der Waals surface area contributed by atoms with E-state index >= 15 is 0 Å². The van der Waals surface area contributed by atoms with Gasteiger partial charge in [-0.15, -0.1) is 0 Å². The number of nitrogens with one attached hydrogen (secondary N) is 1. The SMILES string of the molecule is CCCCc1cccc(NCC(CCC)CCC)c1. The molecule has 0 spiro atoms. The van der Waals surface area contributed by atoms with E-state index in [2.05, 4.69) is 50.4 Å². The van der Waals surface area contributed by atoms with Gasteiger partial charge in [-0.25, -0.2) is 0 Å². The fraction of sp³-hybridized carbons (Fsp3) is 0.667. The maximum atomic E-state index is 3.63. The number of rotatable bonds is 10. The van der Waals surface area contributed by atoms with Crippen LogP contribution in [0.1, 0.15) is 64.9 Å². The van der Waals surface area contributed by atoms with E-state index in [0.29, 0.717) is 0 Å². The van der Waals surface area contributed by atoms with E-state index in [1.807, 2.05) is 0 Å². The molecule has 0 aliphatic carbocycles. The first kappa shape index (κ1) is 16.1. The Kier molecular flexibility index (Phi) is 8.36. The van der Waals surface area contributed by atoms with Gasteiger partial charge in [-0.05, 0) is 49.3 Å². The van der Waals surface area contributed by atoms with Crippen molar-refractivity contribution in [1.29, 1.82) is 0 Å². The predicted octanol–water partition coefficient (Wildman–Crippen LogP) is 5.66. The Hall–Kier alpha value is -0.980. The number of benzene rings is 1. The summed E-state index contributed by atoms with van der Waals surface area (Å²) in [6.07, 6.45) is 9.04. The van der Waals surface area contributed by atoms with E-state index < -0.39 is 0 Å². The summed E-state index contributed by atoms with van der Waals surface area (Å²) < 4.78 is 0. The van der Waals surface area contributed by atoms with E-state index in [1.54, 1.807) is 0 Å². The van der Waals surface area contributed by atoms with Gasteiger partial charge in [0.2, 0.25) is 0 Å². The zero-order valence-electron chi connectivity index (χ0n) is 13.0. The number of aryl methyl sites for hydroxylation is 1. The third kappa shape index (κ3) is 6.66. The third-order valence-corrected chi connectivity index (χ3v) is 3.73. The molecule has 0 aliphatic rings. The minimum Gasteiger partial charge on any atom is -0.385 e. The van der Waals surface area contributed by atoms with Crippen molar-refractivity contribution in [2.45, 2.75) is 65.7 Å². The van der Waals surface area contributed by atoms with E-state index in [4.69, 9.17) is 0 Å². The number of anilines is 1. The molecule has 1 aromatic rings. The Bertz CT molecular complexity index is 326. The molecule has 1 N–H and O–H groups in total. The maximum Gasteiger partial charge on any atom is 0.0343 e.